The topological polar surface area (TPSA) is 109 Å². The standard InChI is InChI=1S/C30H45IN2O4S/c1-18(4-11-28(35)33-20-6-10-27(26(31)17-20)38(32,36)37)23-8-9-24-22-7-5-19-16-21(34)12-14-29(19,2)25(22)13-15-30(23,24)3/h6,10,17-19,21-25,34H,4-5,7-9,11-16H2,1-3H3,(H,33,35)(H2,32,36,37)/t18-,19-,21-,22+,23-,24+,25+,29+,30-/m1/s1. The van der Waals surface area contributed by atoms with E-state index in [1.54, 1.807) is 12.1 Å². The predicted octanol–water partition coefficient (Wildman–Crippen LogP) is 6.31. The van der Waals surface area contributed by atoms with Crippen molar-refractivity contribution in [3.05, 3.63) is 21.8 Å². The van der Waals surface area contributed by atoms with Gasteiger partial charge in [-0.1, -0.05) is 20.8 Å². The third-order valence-corrected chi connectivity index (χ3v) is 14.0. The second kappa shape index (κ2) is 10.6. The summed E-state index contributed by atoms with van der Waals surface area (Å²) in [5.41, 5.74) is 1.38. The number of amides is 1. The van der Waals surface area contributed by atoms with Gasteiger partial charge in [0.1, 0.15) is 0 Å². The summed E-state index contributed by atoms with van der Waals surface area (Å²) in [6.45, 7) is 7.47. The average Bonchev–Trinajstić information content (AvgIpc) is 3.19. The number of anilines is 1. The summed E-state index contributed by atoms with van der Waals surface area (Å²) in [6, 6.07) is 4.71. The SMILES string of the molecule is C[C@H](CCC(=O)Nc1ccc(S(N)(=O)=O)c(I)c1)[C@H]1CC[C@H]2[C@@H]3CC[C@@H]4C[C@H](O)CC[C@]4(C)[C@H]3CC[C@]12C. The van der Waals surface area contributed by atoms with Crippen LogP contribution in [0.25, 0.3) is 0 Å². The summed E-state index contributed by atoms with van der Waals surface area (Å²) in [6.07, 6.45) is 12.3. The third-order valence-electron chi connectivity index (χ3n) is 11.7. The first-order valence-electron chi connectivity index (χ1n) is 14.6. The number of nitrogens with two attached hydrogens (primary N) is 1. The maximum absolute atomic E-state index is 12.8. The van der Waals surface area contributed by atoms with Crippen molar-refractivity contribution >= 4 is 44.2 Å². The van der Waals surface area contributed by atoms with Crippen LogP contribution in [-0.4, -0.2) is 25.5 Å². The van der Waals surface area contributed by atoms with Crippen molar-refractivity contribution in [2.45, 2.75) is 102 Å². The highest BCUT2D eigenvalue weighted by molar-refractivity contribution is 14.1. The first kappa shape index (κ1) is 28.8. The van der Waals surface area contributed by atoms with Gasteiger partial charge in [-0.2, -0.15) is 0 Å². The van der Waals surface area contributed by atoms with Gasteiger partial charge in [-0.05, 0) is 151 Å². The maximum Gasteiger partial charge on any atom is 0.239 e. The highest BCUT2D eigenvalue weighted by Crippen LogP contribution is 2.68. The number of rotatable bonds is 6. The summed E-state index contributed by atoms with van der Waals surface area (Å²) in [5.74, 6) is 4.27. The first-order chi connectivity index (χ1) is 17.8. The van der Waals surface area contributed by atoms with Gasteiger partial charge in [-0.3, -0.25) is 4.79 Å². The second-order valence-corrected chi connectivity index (χ2v) is 16.3. The molecule has 1 aromatic carbocycles. The lowest BCUT2D eigenvalue weighted by Gasteiger charge is -2.61. The van der Waals surface area contributed by atoms with Crippen molar-refractivity contribution in [3.8, 4) is 0 Å². The molecule has 0 unspecified atom stereocenters. The number of halogens is 1. The Kier molecular flexibility index (Phi) is 8.04. The fourth-order valence-electron chi connectivity index (χ4n) is 9.80. The molecule has 6 nitrogen and oxygen atoms in total. The minimum atomic E-state index is -3.77. The lowest BCUT2D eigenvalue weighted by molar-refractivity contribution is -0.129. The minimum absolute atomic E-state index is 0.0230. The Bertz CT molecular complexity index is 1170. The van der Waals surface area contributed by atoms with E-state index in [-0.39, 0.29) is 16.9 Å². The molecule has 0 heterocycles. The molecule has 4 saturated carbocycles. The number of sulfonamides is 1. The molecule has 38 heavy (non-hydrogen) atoms. The molecular weight excluding hydrogens is 611 g/mol. The van der Waals surface area contributed by atoms with E-state index in [0.717, 1.165) is 37.0 Å². The quantitative estimate of drug-likeness (QED) is 0.312. The summed E-state index contributed by atoms with van der Waals surface area (Å²) in [5, 5.41) is 18.5. The van der Waals surface area contributed by atoms with Crippen molar-refractivity contribution < 1.29 is 18.3 Å². The largest absolute Gasteiger partial charge is 0.393 e. The molecule has 1 aromatic rings. The van der Waals surface area contributed by atoms with E-state index < -0.39 is 10.0 Å². The highest BCUT2D eigenvalue weighted by atomic mass is 127. The van der Waals surface area contributed by atoms with E-state index in [1.807, 2.05) is 22.6 Å². The van der Waals surface area contributed by atoms with Gasteiger partial charge in [0.05, 0.1) is 11.0 Å². The van der Waals surface area contributed by atoms with Crippen molar-refractivity contribution in [1.82, 2.24) is 0 Å². The zero-order valence-corrected chi connectivity index (χ0v) is 26.1. The average molecular weight is 657 g/mol. The number of nitrogens with one attached hydrogen (secondary N) is 1. The number of hydrogen-bond donors (Lipinski definition) is 3. The summed E-state index contributed by atoms with van der Waals surface area (Å²) in [4.78, 5) is 12.9. The number of fused-ring (bicyclic) bond motifs is 5. The van der Waals surface area contributed by atoms with Crippen LogP contribution in [0.4, 0.5) is 5.69 Å². The fourth-order valence-corrected chi connectivity index (χ4v) is 11.8. The Labute approximate surface area is 242 Å². The van der Waals surface area contributed by atoms with Crippen LogP contribution in [0.2, 0.25) is 0 Å². The van der Waals surface area contributed by atoms with Crippen molar-refractivity contribution in [1.29, 1.82) is 0 Å². The van der Waals surface area contributed by atoms with E-state index in [2.05, 4.69) is 26.1 Å². The van der Waals surface area contributed by atoms with E-state index in [0.29, 0.717) is 44.3 Å². The van der Waals surface area contributed by atoms with Gasteiger partial charge < -0.3 is 10.4 Å². The number of primary sulfonamides is 1. The van der Waals surface area contributed by atoms with Crippen molar-refractivity contribution in [3.63, 3.8) is 0 Å². The summed E-state index contributed by atoms with van der Waals surface area (Å²) in [7, 11) is -3.77. The maximum atomic E-state index is 12.8. The predicted molar refractivity (Wildman–Crippen MR) is 159 cm³/mol. The molecule has 1 amide bonds. The van der Waals surface area contributed by atoms with Gasteiger partial charge in [-0.15, -0.1) is 0 Å². The highest BCUT2D eigenvalue weighted by Gasteiger charge is 2.60. The smallest absolute Gasteiger partial charge is 0.239 e. The van der Waals surface area contributed by atoms with Gasteiger partial charge >= 0.3 is 0 Å². The Balaban J connectivity index is 1.19. The Morgan fingerprint density at radius 2 is 1.82 bits per heavy atom. The second-order valence-electron chi connectivity index (χ2n) is 13.6. The van der Waals surface area contributed by atoms with Crippen molar-refractivity contribution in [2.24, 2.45) is 51.5 Å². The van der Waals surface area contributed by atoms with Crippen LogP contribution >= 0.6 is 22.6 Å². The summed E-state index contributed by atoms with van der Waals surface area (Å²) < 4.78 is 23.8. The molecule has 4 aliphatic rings. The van der Waals surface area contributed by atoms with E-state index >= 15 is 0 Å². The van der Waals surface area contributed by atoms with Gasteiger partial charge in [0.25, 0.3) is 0 Å². The Morgan fingerprint density at radius 3 is 2.53 bits per heavy atom. The zero-order chi connectivity index (χ0) is 27.5. The molecule has 9 atom stereocenters. The molecule has 0 aliphatic heterocycles. The number of aliphatic hydroxyl groups is 1. The van der Waals surface area contributed by atoms with E-state index in [9.17, 15) is 18.3 Å². The first-order valence-corrected chi connectivity index (χ1v) is 17.3. The van der Waals surface area contributed by atoms with Gasteiger partial charge in [-0.25, -0.2) is 13.6 Å². The minimum Gasteiger partial charge on any atom is -0.393 e. The number of benzene rings is 1. The molecule has 0 aromatic heterocycles. The molecule has 0 bridgehead atoms. The van der Waals surface area contributed by atoms with E-state index in [4.69, 9.17) is 5.14 Å². The number of carbonyl (C=O) groups excluding carboxylic acids is 1. The lowest BCUT2D eigenvalue weighted by Crippen LogP contribution is -2.54. The van der Waals surface area contributed by atoms with Crippen LogP contribution in [0.15, 0.2) is 23.1 Å². The van der Waals surface area contributed by atoms with Crippen LogP contribution in [0.1, 0.15) is 91.4 Å². The Hall–Kier alpha value is -0.710. The van der Waals surface area contributed by atoms with Gasteiger partial charge in [0.15, 0.2) is 0 Å². The van der Waals surface area contributed by atoms with Crippen LogP contribution in [-0.2, 0) is 14.8 Å². The monoisotopic (exact) mass is 656 g/mol. The molecule has 212 valence electrons. The van der Waals surface area contributed by atoms with Crippen LogP contribution in [0, 0.1) is 49.9 Å². The molecule has 4 fully saturated rings. The lowest BCUT2D eigenvalue weighted by atomic mass is 9.44. The molecule has 4 N–H and O–H groups in total. The van der Waals surface area contributed by atoms with Gasteiger partial charge in [0.2, 0.25) is 15.9 Å². The van der Waals surface area contributed by atoms with Gasteiger partial charge in [0, 0.05) is 15.7 Å². The molecular formula is C30H45IN2O4S. The number of hydrogen-bond acceptors (Lipinski definition) is 4. The van der Waals surface area contributed by atoms with Crippen LogP contribution < -0.4 is 10.5 Å². The van der Waals surface area contributed by atoms with Crippen molar-refractivity contribution in [2.75, 3.05) is 5.32 Å². The molecule has 0 saturated heterocycles. The molecule has 8 heteroatoms. The molecule has 0 spiro atoms. The van der Waals surface area contributed by atoms with Crippen LogP contribution in [0.5, 0.6) is 0 Å². The third kappa shape index (κ3) is 5.20. The van der Waals surface area contributed by atoms with E-state index in [1.165, 1.54) is 51.0 Å². The van der Waals surface area contributed by atoms with Crippen LogP contribution in [0.3, 0.4) is 0 Å². The number of aliphatic hydroxyl groups excluding tert-OH is 1. The number of carbonyl (C=O) groups is 1. The molecule has 5 rings (SSSR count). The molecule has 4 aliphatic carbocycles. The zero-order valence-electron chi connectivity index (χ0n) is 23.1. The Morgan fingerprint density at radius 1 is 1.11 bits per heavy atom. The summed E-state index contributed by atoms with van der Waals surface area (Å²) >= 11 is 1.94. The molecule has 0 radical (unpaired) electrons. The normalized spacial score (nSPS) is 39.5. The fraction of sp³-hybridized carbons (Fsp3) is 0.767.